The van der Waals surface area contributed by atoms with Crippen molar-refractivity contribution >= 4 is 22.7 Å². The molecule has 0 spiro atoms. The molecular weight excluding hydrogens is 332 g/mol. The van der Waals surface area contributed by atoms with Gasteiger partial charge in [-0.05, 0) is 79.7 Å². The van der Waals surface area contributed by atoms with Crippen LogP contribution in [0.25, 0.3) is 0 Å². The van der Waals surface area contributed by atoms with Gasteiger partial charge in [-0.15, -0.1) is 0 Å². The van der Waals surface area contributed by atoms with Crippen molar-refractivity contribution in [3.63, 3.8) is 0 Å². The number of hydrogen-bond donors (Lipinski definition) is 0. The van der Waals surface area contributed by atoms with Crippen molar-refractivity contribution in [3.05, 3.63) is 29.6 Å². The standard InChI is InChI=1S/C23H38N4/c1-15(2)26(16(3)4)22-21(23(22)27(17(5)6)18(7)8)24-19-11-13-20(14-12-19)25(9)10/h11-18H,1-10H3. The number of hydrogen-bond acceptors (Lipinski definition) is 4. The Morgan fingerprint density at radius 2 is 1.00 bits per heavy atom. The molecule has 0 aliphatic rings. The van der Waals surface area contributed by atoms with Crippen molar-refractivity contribution in [2.75, 3.05) is 28.8 Å². The van der Waals surface area contributed by atoms with Crippen molar-refractivity contribution in [2.24, 2.45) is 4.99 Å². The van der Waals surface area contributed by atoms with Crippen LogP contribution in [0.5, 0.6) is 0 Å². The third-order valence-electron chi connectivity index (χ3n) is 4.96. The maximum atomic E-state index is 5.05. The topological polar surface area (TPSA) is 22.1 Å². The molecule has 2 aromatic carbocycles. The van der Waals surface area contributed by atoms with E-state index in [4.69, 9.17) is 4.99 Å². The molecule has 0 aliphatic carbocycles. The first-order chi connectivity index (χ1) is 12.6. The quantitative estimate of drug-likeness (QED) is 0.645. The van der Waals surface area contributed by atoms with Crippen LogP contribution >= 0.6 is 0 Å². The molecule has 0 atom stereocenters. The van der Waals surface area contributed by atoms with Crippen LogP contribution in [0.15, 0.2) is 29.3 Å². The van der Waals surface area contributed by atoms with Crippen LogP contribution in [-0.2, 0) is 0 Å². The Balaban J connectivity index is 2.54. The van der Waals surface area contributed by atoms with E-state index in [1.54, 1.807) is 0 Å². The van der Waals surface area contributed by atoms with Crippen molar-refractivity contribution in [1.82, 2.24) is 0 Å². The van der Waals surface area contributed by atoms with E-state index in [1.165, 1.54) is 17.1 Å². The van der Waals surface area contributed by atoms with E-state index in [1.807, 2.05) is 0 Å². The second kappa shape index (κ2) is 8.37. The largest absolute Gasteiger partial charge is 0.378 e. The Bertz CT molecular complexity index is 693. The van der Waals surface area contributed by atoms with Crippen LogP contribution in [0.3, 0.4) is 0 Å². The highest BCUT2D eigenvalue weighted by Crippen LogP contribution is 2.38. The normalized spacial score (nSPS) is 11.9. The summed E-state index contributed by atoms with van der Waals surface area (Å²) in [6, 6.07) is 10.3. The van der Waals surface area contributed by atoms with Gasteiger partial charge >= 0.3 is 0 Å². The summed E-state index contributed by atoms with van der Waals surface area (Å²) < 4.78 is 0. The second-order valence-electron chi connectivity index (χ2n) is 8.76. The van der Waals surface area contributed by atoms with E-state index in [-0.39, 0.29) is 0 Å². The first-order valence-corrected chi connectivity index (χ1v) is 10.2. The van der Waals surface area contributed by atoms with Crippen molar-refractivity contribution < 1.29 is 0 Å². The summed E-state index contributed by atoms with van der Waals surface area (Å²) in [5.74, 6) is 0. The Labute approximate surface area is 166 Å². The van der Waals surface area contributed by atoms with Crippen molar-refractivity contribution in [1.29, 1.82) is 0 Å². The van der Waals surface area contributed by atoms with Gasteiger partial charge in [-0.3, -0.25) is 0 Å². The zero-order valence-corrected chi connectivity index (χ0v) is 18.9. The minimum atomic E-state index is 0.444. The zero-order chi connectivity index (χ0) is 20.5. The molecule has 0 fully saturated rings. The summed E-state index contributed by atoms with van der Waals surface area (Å²) in [6.07, 6.45) is 0. The van der Waals surface area contributed by atoms with Gasteiger partial charge < -0.3 is 14.7 Å². The second-order valence-corrected chi connectivity index (χ2v) is 8.76. The van der Waals surface area contributed by atoms with E-state index in [0.29, 0.717) is 24.2 Å². The highest BCUT2D eigenvalue weighted by molar-refractivity contribution is 5.86. The molecule has 0 heterocycles. The minimum Gasteiger partial charge on any atom is -0.378 e. The molecule has 0 saturated heterocycles. The van der Waals surface area contributed by atoms with E-state index in [2.05, 4.69) is 108 Å². The predicted molar refractivity (Wildman–Crippen MR) is 120 cm³/mol. The number of nitrogens with zero attached hydrogens (tertiary/aromatic N) is 4. The monoisotopic (exact) mass is 370 g/mol. The molecule has 4 heteroatoms. The first kappa shape index (κ1) is 21.3. The van der Waals surface area contributed by atoms with Gasteiger partial charge in [-0.25, -0.2) is 4.99 Å². The van der Waals surface area contributed by atoms with Gasteiger partial charge in [0.2, 0.25) is 0 Å². The summed E-state index contributed by atoms with van der Waals surface area (Å²) in [6.45, 7) is 18.1. The molecule has 0 unspecified atom stereocenters. The fourth-order valence-corrected chi connectivity index (χ4v) is 3.93. The van der Waals surface area contributed by atoms with Gasteiger partial charge in [0.15, 0.2) is 0 Å². The van der Waals surface area contributed by atoms with Crippen LogP contribution in [-0.4, -0.2) is 38.3 Å². The first-order valence-electron chi connectivity index (χ1n) is 10.2. The summed E-state index contributed by atoms with van der Waals surface area (Å²) in [4.78, 5) is 12.2. The maximum Gasteiger partial charge on any atom is 0.115 e. The van der Waals surface area contributed by atoms with Crippen LogP contribution in [0.1, 0.15) is 55.4 Å². The zero-order valence-electron chi connectivity index (χ0n) is 18.9. The lowest BCUT2D eigenvalue weighted by atomic mass is 10.2. The highest BCUT2D eigenvalue weighted by atomic mass is 15.3. The van der Waals surface area contributed by atoms with E-state index >= 15 is 0 Å². The predicted octanol–water partition coefficient (Wildman–Crippen LogP) is 5.11. The van der Waals surface area contributed by atoms with Gasteiger partial charge in [-0.1, -0.05) is 0 Å². The van der Waals surface area contributed by atoms with E-state index in [9.17, 15) is 0 Å². The number of benzene rings is 1. The Morgan fingerprint density at radius 1 is 0.630 bits per heavy atom. The van der Waals surface area contributed by atoms with Crippen LogP contribution in [0, 0.1) is 0 Å². The lowest BCUT2D eigenvalue weighted by molar-refractivity contribution is 0.598. The molecule has 2 rings (SSSR count). The van der Waals surface area contributed by atoms with E-state index < -0.39 is 0 Å². The summed E-state index contributed by atoms with van der Waals surface area (Å²) in [5, 5.41) is 1.15. The number of anilines is 3. The van der Waals surface area contributed by atoms with Crippen LogP contribution in [0.2, 0.25) is 0 Å². The molecule has 2 aromatic rings. The van der Waals surface area contributed by atoms with E-state index in [0.717, 1.165) is 11.0 Å². The molecule has 4 nitrogen and oxygen atoms in total. The van der Waals surface area contributed by atoms with Gasteiger partial charge in [-0.2, -0.15) is 0 Å². The van der Waals surface area contributed by atoms with Gasteiger partial charge in [0.1, 0.15) is 5.36 Å². The molecule has 0 amide bonds. The molecule has 0 N–H and O–H groups in total. The van der Waals surface area contributed by atoms with Gasteiger partial charge in [0.05, 0.1) is 17.1 Å². The highest BCUT2D eigenvalue weighted by Gasteiger charge is 2.35. The van der Waals surface area contributed by atoms with Crippen LogP contribution < -0.4 is 20.1 Å². The Hall–Kier alpha value is -1.97. The lowest BCUT2D eigenvalue weighted by Gasteiger charge is -2.33. The molecule has 0 radical (unpaired) electrons. The Kier molecular flexibility index (Phi) is 6.61. The average Bonchev–Trinajstić information content (AvgIpc) is 3.18. The fourth-order valence-electron chi connectivity index (χ4n) is 3.93. The molecule has 0 saturated carbocycles. The lowest BCUT2D eigenvalue weighted by Crippen LogP contribution is -2.38. The van der Waals surface area contributed by atoms with Crippen LogP contribution in [0.4, 0.5) is 22.7 Å². The summed E-state index contributed by atoms with van der Waals surface area (Å²) >= 11 is 0. The minimum absolute atomic E-state index is 0.444. The summed E-state index contributed by atoms with van der Waals surface area (Å²) in [5.41, 5.74) is 4.85. The molecule has 150 valence electrons. The van der Waals surface area contributed by atoms with Crippen molar-refractivity contribution in [3.8, 4) is 0 Å². The molecular formula is C23H38N4. The molecule has 27 heavy (non-hydrogen) atoms. The van der Waals surface area contributed by atoms with Crippen molar-refractivity contribution in [2.45, 2.75) is 79.6 Å². The third kappa shape index (κ3) is 4.66. The number of rotatable bonds is 8. The van der Waals surface area contributed by atoms with Gasteiger partial charge in [0.25, 0.3) is 0 Å². The third-order valence-corrected chi connectivity index (χ3v) is 4.96. The fraction of sp³-hybridized carbons (Fsp3) is 0.609. The summed E-state index contributed by atoms with van der Waals surface area (Å²) in [7, 11) is 4.12. The molecule has 0 aromatic heterocycles. The smallest absolute Gasteiger partial charge is 0.115 e. The Morgan fingerprint density at radius 3 is 1.30 bits per heavy atom. The molecule has 0 aliphatic heterocycles. The maximum absolute atomic E-state index is 5.05. The molecule has 0 bridgehead atoms. The van der Waals surface area contributed by atoms with Gasteiger partial charge in [0, 0.05) is 44.0 Å². The average molecular weight is 371 g/mol. The SMILES string of the molecule is CC(C)N(c1c(N(C(C)C)C(C)C)c1=Nc1ccc(N(C)C)cc1)C(C)C.